The number of pyridine rings is 1. The molecule has 2 aliphatic heterocycles. The van der Waals surface area contributed by atoms with Crippen LogP contribution in [0.15, 0.2) is 66.9 Å². The molecule has 1 atom stereocenters. The maximum atomic E-state index is 13.5. The smallest absolute Gasteiger partial charge is 0.257 e. The fourth-order valence-corrected chi connectivity index (χ4v) is 5.57. The molecule has 176 valence electrons. The standard InChI is InChI=1S/C28H27N5O2/c1-18-8-7-15-29-26(18)30-24(34)14-17-32-23-12-6-3-9-19(23)20-13-16-33-27(25(20)32)31(2)22-11-5-4-10-21(22)28(33)35/h3-12,15,27H,13-14,16-17H2,1-2H3,(H,29,30,34). The molecule has 4 heterocycles. The van der Waals surface area contributed by atoms with Crippen molar-refractivity contribution in [3.63, 3.8) is 0 Å². The molecule has 2 amide bonds. The van der Waals surface area contributed by atoms with Crippen LogP contribution in [0.4, 0.5) is 11.5 Å². The van der Waals surface area contributed by atoms with E-state index in [1.807, 2.05) is 54.3 Å². The van der Waals surface area contributed by atoms with E-state index in [9.17, 15) is 9.59 Å². The number of amides is 2. The van der Waals surface area contributed by atoms with E-state index in [1.54, 1.807) is 6.20 Å². The second-order valence-corrected chi connectivity index (χ2v) is 9.25. The van der Waals surface area contributed by atoms with Gasteiger partial charge in [-0.2, -0.15) is 0 Å². The van der Waals surface area contributed by atoms with E-state index in [4.69, 9.17) is 0 Å². The number of rotatable bonds is 4. The zero-order valence-corrected chi connectivity index (χ0v) is 19.9. The van der Waals surface area contributed by atoms with Crippen LogP contribution in [0.2, 0.25) is 0 Å². The minimum absolute atomic E-state index is 0.0644. The molecule has 4 aromatic rings. The van der Waals surface area contributed by atoms with E-state index < -0.39 is 0 Å². The first-order chi connectivity index (χ1) is 17.0. The maximum Gasteiger partial charge on any atom is 0.257 e. The lowest BCUT2D eigenvalue weighted by Gasteiger charge is -2.46. The largest absolute Gasteiger partial charge is 0.349 e. The number of hydrogen-bond acceptors (Lipinski definition) is 4. The molecule has 6 rings (SSSR count). The molecule has 2 aromatic carbocycles. The Kier molecular flexibility index (Phi) is 5.06. The van der Waals surface area contributed by atoms with Crippen LogP contribution in [0.5, 0.6) is 0 Å². The number of aryl methyl sites for hydroxylation is 2. The number of anilines is 2. The van der Waals surface area contributed by atoms with Gasteiger partial charge in [0.15, 0.2) is 0 Å². The third-order valence-corrected chi connectivity index (χ3v) is 7.23. The van der Waals surface area contributed by atoms with Crippen molar-refractivity contribution in [1.82, 2.24) is 14.5 Å². The number of para-hydroxylation sites is 2. The van der Waals surface area contributed by atoms with Gasteiger partial charge < -0.3 is 19.7 Å². The molecule has 35 heavy (non-hydrogen) atoms. The van der Waals surface area contributed by atoms with Crippen molar-refractivity contribution in [2.24, 2.45) is 0 Å². The lowest BCUT2D eigenvalue weighted by Crippen LogP contribution is -2.51. The minimum Gasteiger partial charge on any atom is -0.349 e. The molecule has 1 unspecified atom stereocenters. The van der Waals surface area contributed by atoms with Gasteiger partial charge in [-0.3, -0.25) is 9.59 Å². The summed E-state index contributed by atoms with van der Waals surface area (Å²) in [6.45, 7) is 3.12. The number of nitrogens with zero attached hydrogens (tertiary/aromatic N) is 4. The number of hydrogen-bond donors (Lipinski definition) is 1. The highest BCUT2D eigenvalue weighted by atomic mass is 16.2. The van der Waals surface area contributed by atoms with Gasteiger partial charge in [0.05, 0.1) is 16.9 Å². The third kappa shape index (κ3) is 3.38. The first kappa shape index (κ1) is 21.4. The fraction of sp³-hybridized carbons (Fsp3) is 0.250. The summed E-state index contributed by atoms with van der Waals surface area (Å²) in [6, 6.07) is 19.9. The zero-order chi connectivity index (χ0) is 24.1. The summed E-state index contributed by atoms with van der Waals surface area (Å²) in [7, 11) is 2.05. The normalized spacial score (nSPS) is 16.6. The van der Waals surface area contributed by atoms with Crippen molar-refractivity contribution < 1.29 is 9.59 Å². The van der Waals surface area contributed by atoms with E-state index in [2.05, 4.69) is 45.0 Å². The Morgan fingerprint density at radius 1 is 1.09 bits per heavy atom. The first-order valence-corrected chi connectivity index (χ1v) is 12.0. The number of nitrogens with one attached hydrogen (secondary N) is 1. The molecular formula is C28H27N5O2. The second-order valence-electron chi connectivity index (χ2n) is 9.25. The van der Waals surface area contributed by atoms with Crippen molar-refractivity contribution >= 4 is 34.2 Å². The highest BCUT2D eigenvalue weighted by Gasteiger charge is 2.42. The molecule has 0 saturated carbocycles. The van der Waals surface area contributed by atoms with Crippen LogP contribution in [0.3, 0.4) is 0 Å². The van der Waals surface area contributed by atoms with Crippen molar-refractivity contribution in [3.05, 3.63) is 89.2 Å². The van der Waals surface area contributed by atoms with E-state index >= 15 is 0 Å². The van der Waals surface area contributed by atoms with Crippen molar-refractivity contribution in [1.29, 1.82) is 0 Å². The molecule has 1 N–H and O–H groups in total. The van der Waals surface area contributed by atoms with E-state index in [0.29, 0.717) is 25.3 Å². The zero-order valence-electron chi connectivity index (χ0n) is 19.9. The van der Waals surface area contributed by atoms with Crippen LogP contribution < -0.4 is 10.2 Å². The first-order valence-electron chi connectivity index (χ1n) is 12.0. The van der Waals surface area contributed by atoms with Gasteiger partial charge in [-0.1, -0.05) is 36.4 Å². The summed E-state index contributed by atoms with van der Waals surface area (Å²) in [6.07, 6.45) is 2.57. The topological polar surface area (TPSA) is 70.5 Å². The van der Waals surface area contributed by atoms with Gasteiger partial charge in [-0.25, -0.2) is 4.98 Å². The van der Waals surface area contributed by atoms with Crippen LogP contribution in [0, 0.1) is 6.92 Å². The highest BCUT2D eigenvalue weighted by molar-refractivity contribution is 6.02. The SMILES string of the molecule is Cc1cccnc1NC(=O)CCn1c2c(c3ccccc31)CCN1C(=O)c3ccccc3N(C)C21. The predicted octanol–water partition coefficient (Wildman–Crippen LogP) is 4.52. The number of aromatic nitrogens is 2. The Morgan fingerprint density at radius 2 is 1.89 bits per heavy atom. The van der Waals surface area contributed by atoms with Crippen molar-refractivity contribution in [2.45, 2.75) is 32.5 Å². The monoisotopic (exact) mass is 465 g/mol. The Balaban J connectivity index is 1.39. The Morgan fingerprint density at radius 3 is 2.74 bits per heavy atom. The molecule has 0 spiro atoms. The molecule has 0 bridgehead atoms. The molecule has 7 heteroatoms. The number of fused-ring (bicyclic) bond motifs is 6. The molecule has 0 saturated heterocycles. The Hall–Kier alpha value is -4.13. The average molecular weight is 466 g/mol. The Labute approximate surface area is 204 Å². The number of carbonyl (C=O) groups excluding carboxylic acids is 2. The lowest BCUT2D eigenvalue weighted by molar-refractivity contribution is -0.116. The van der Waals surface area contributed by atoms with Gasteiger partial charge in [0.2, 0.25) is 5.91 Å². The quantitative estimate of drug-likeness (QED) is 0.481. The van der Waals surface area contributed by atoms with Gasteiger partial charge in [-0.05, 0) is 48.7 Å². The summed E-state index contributed by atoms with van der Waals surface area (Å²) < 4.78 is 2.24. The lowest BCUT2D eigenvalue weighted by atomic mass is 9.96. The van der Waals surface area contributed by atoms with Gasteiger partial charge in [-0.15, -0.1) is 0 Å². The molecule has 0 radical (unpaired) electrons. The molecule has 7 nitrogen and oxygen atoms in total. The van der Waals surface area contributed by atoms with E-state index in [-0.39, 0.29) is 18.0 Å². The van der Waals surface area contributed by atoms with Gasteiger partial charge >= 0.3 is 0 Å². The summed E-state index contributed by atoms with van der Waals surface area (Å²) in [5.74, 6) is 0.580. The highest BCUT2D eigenvalue weighted by Crippen LogP contribution is 2.44. The average Bonchev–Trinajstić information content (AvgIpc) is 3.21. The van der Waals surface area contributed by atoms with Crippen molar-refractivity contribution in [2.75, 3.05) is 23.8 Å². The van der Waals surface area contributed by atoms with Gasteiger partial charge in [0.25, 0.3) is 5.91 Å². The van der Waals surface area contributed by atoms with E-state index in [0.717, 1.165) is 34.4 Å². The molecule has 2 aliphatic rings. The minimum atomic E-state index is -0.213. The Bertz CT molecular complexity index is 1470. The van der Waals surface area contributed by atoms with E-state index in [1.165, 1.54) is 10.9 Å². The third-order valence-electron chi connectivity index (χ3n) is 7.23. The summed E-state index contributed by atoms with van der Waals surface area (Å²) in [5.41, 5.74) is 6.07. The summed E-state index contributed by atoms with van der Waals surface area (Å²) in [5, 5.41) is 4.14. The van der Waals surface area contributed by atoms with Crippen LogP contribution in [0.1, 0.15) is 39.8 Å². The predicted molar refractivity (Wildman–Crippen MR) is 136 cm³/mol. The second kappa shape index (κ2) is 8.27. The van der Waals surface area contributed by atoms with Gasteiger partial charge in [0.1, 0.15) is 12.0 Å². The number of carbonyl (C=O) groups is 2. The molecule has 0 aliphatic carbocycles. The van der Waals surface area contributed by atoms with Crippen LogP contribution in [-0.4, -0.2) is 39.9 Å². The molecular weight excluding hydrogens is 438 g/mol. The van der Waals surface area contributed by atoms with Crippen LogP contribution in [-0.2, 0) is 17.8 Å². The summed E-state index contributed by atoms with van der Waals surface area (Å²) >= 11 is 0. The summed E-state index contributed by atoms with van der Waals surface area (Å²) in [4.78, 5) is 34.8. The number of benzene rings is 2. The molecule has 2 aromatic heterocycles. The fourth-order valence-electron chi connectivity index (χ4n) is 5.57. The maximum absolute atomic E-state index is 13.5. The van der Waals surface area contributed by atoms with Crippen LogP contribution >= 0.6 is 0 Å². The molecule has 0 fully saturated rings. The van der Waals surface area contributed by atoms with Gasteiger partial charge in [0, 0.05) is 43.7 Å². The van der Waals surface area contributed by atoms with Crippen molar-refractivity contribution in [3.8, 4) is 0 Å². The van der Waals surface area contributed by atoms with Crippen LogP contribution in [0.25, 0.3) is 10.9 Å².